The zero-order chi connectivity index (χ0) is 12.0. The molecular weight excluding hydrogens is 226 g/mol. The number of sulfone groups is 1. The van der Waals surface area contributed by atoms with Crippen molar-refractivity contribution in [1.29, 1.82) is 0 Å². The summed E-state index contributed by atoms with van der Waals surface area (Å²) in [5.41, 5.74) is 0. The Hall–Kier alpha value is -0.130. The fourth-order valence-corrected chi connectivity index (χ4v) is 3.21. The van der Waals surface area contributed by atoms with Crippen molar-refractivity contribution in [3.8, 4) is 0 Å². The molecule has 1 rings (SSSR count). The smallest absolute Gasteiger partial charge is 0.154 e. The minimum atomic E-state index is -2.91. The molecule has 5 heteroatoms. The lowest BCUT2D eigenvalue weighted by atomic mass is 10.2. The summed E-state index contributed by atoms with van der Waals surface area (Å²) in [6.45, 7) is 5.81. The summed E-state index contributed by atoms with van der Waals surface area (Å²) < 4.78 is 28.8. The van der Waals surface area contributed by atoms with Crippen LogP contribution in [0.15, 0.2) is 0 Å². The molecule has 16 heavy (non-hydrogen) atoms. The van der Waals surface area contributed by atoms with Gasteiger partial charge in [-0.2, -0.15) is 0 Å². The number of ether oxygens (including phenoxy) is 1. The Bertz CT molecular complexity index is 284. The lowest BCUT2D eigenvalue weighted by Crippen LogP contribution is -2.36. The molecule has 1 N–H and O–H groups in total. The highest BCUT2D eigenvalue weighted by atomic mass is 32.2. The maximum Gasteiger partial charge on any atom is 0.154 e. The van der Waals surface area contributed by atoms with Gasteiger partial charge in [0.15, 0.2) is 9.84 Å². The fraction of sp³-hybridized carbons (Fsp3) is 1.00. The molecule has 0 saturated carbocycles. The summed E-state index contributed by atoms with van der Waals surface area (Å²) >= 11 is 0. The summed E-state index contributed by atoms with van der Waals surface area (Å²) in [4.78, 5) is 0. The molecule has 2 unspecified atom stereocenters. The summed E-state index contributed by atoms with van der Waals surface area (Å²) in [6.07, 6.45) is 3.18. The van der Waals surface area contributed by atoms with E-state index in [1.807, 2.05) is 6.92 Å². The molecule has 2 atom stereocenters. The summed E-state index contributed by atoms with van der Waals surface area (Å²) in [6, 6.07) is 0. The third kappa shape index (κ3) is 4.39. The second kappa shape index (κ2) is 6.57. The number of rotatable bonds is 7. The molecule has 1 heterocycles. The van der Waals surface area contributed by atoms with Gasteiger partial charge in [0.05, 0.1) is 17.1 Å². The van der Waals surface area contributed by atoms with Gasteiger partial charge < -0.3 is 10.1 Å². The maximum atomic E-state index is 11.7. The van der Waals surface area contributed by atoms with E-state index in [9.17, 15) is 8.42 Å². The zero-order valence-corrected chi connectivity index (χ0v) is 11.1. The Labute approximate surface area is 98.7 Å². The van der Waals surface area contributed by atoms with E-state index in [2.05, 4.69) is 5.32 Å². The van der Waals surface area contributed by atoms with Crippen LogP contribution in [0.2, 0.25) is 0 Å². The van der Waals surface area contributed by atoms with Gasteiger partial charge in [-0.3, -0.25) is 0 Å². The molecule has 0 aromatic rings. The van der Waals surface area contributed by atoms with Crippen LogP contribution in [-0.2, 0) is 14.6 Å². The molecule has 1 aliphatic rings. The van der Waals surface area contributed by atoms with Crippen LogP contribution in [0.3, 0.4) is 0 Å². The second-order valence-electron chi connectivity index (χ2n) is 4.47. The van der Waals surface area contributed by atoms with E-state index in [1.54, 1.807) is 6.92 Å². The summed E-state index contributed by atoms with van der Waals surface area (Å²) in [5, 5.41) is 2.89. The highest BCUT2D eigenvalue weighted by molar-refractivity contribution is 7.92. The SMILES string of the molecule is CCCS(=O)(=O)C(C)CNCC1CCCO1. The Morgan fingerprint density at radius 3 is 2.81 bits per heavy atom. The molecule has 96 valence electrons. The molecule has 0 aromatic heterocycles. The summed E-state index contributed by atoms with van der Waals surface area (Å²) in [5.74, 6) is 0.287. The predicted octanol–water partition coefficient (Wildman–Crippen LogP) is 0.968. The van der Waals surface area contributed by atoms with Gasteiger partial charge in [0.1, 0.15) is 0 Å². The van der Waals surface area contributed by atoms with Crippen molar-refractivity contribution in [2.24, 2.45) is 0 Å². The molecule has 1 aliphatic heterocycles. The molecule has 0 aromatic carbocycles. The van der Waals surface area contributed by atoms with E-state index in [4.69, 9.17) is 4.74 Å². The van der Waals surface area contributed by atoms with Crippen molar-refractivity contribution in [2.45, 2.75) is 44.5 Å². The quantitative estimate of drug-likeness (QED) is 0.730. The first-order valence-corrected chi connectivity index (χ1v) is 7.81. The highest BCUT2D eigenvalue weighted by Gasteiger charge is 2.20. The summed E-state index contributed by atoms with van der Waals surface area (Å²) in [7, 11) is -2.91. The van der Waals surface area contributed by atoms with Gasteiger partial charge in [0.2, 0.25) is 0 Å². The van der Waals surface area contributed by atoms with E-state index in [0.717, 1.165) is 26.0 Å². The van der Waals surface area contributed by atoms with E-state index in [0.29, 0.717) is 13.0 Å². The minimum Gasteiger partial charge on any atom is -0.377 e. The van der Waals surface area contributed by atoms with Crippen LogP contribution >= 0.6 is 0 Å². The number of nitrogens with one attached hydrogen (secondary N) is 1. The van der Waals surface area contributed by atoms with Gasteiger partial charge in [-0.1, -0.05) is 6.92 Å². The van der Waals surface area contributed by atoms with Crippen molar-refractivity contribution in [2.75, 3.05) is 25.4 Å². The second-order valence-corrected chi connectivity index (χ2v) is 7.01. The van der Waals surface area contributed by atoms with Crippen LogP contribution in [0.25, 0.3) is 0 Å². The van der Waals surface area contributed by atoms with E-state index in [-0.39, 0.29) is 17.1 Å². The molecule has 4 nitrogen and oxygen atoms in total. The molecular formula is C11H23NO3S. The Morgan fingerprint density at radius 2 is 2.25 bits per heavy atom. The monoisotopic (exact) mass is 249 g/mol. The lowest BCUT2D eigenvalue weighted by molar-refractivity contribution is 0.110. The van der Waals surface area contributed by atoms with Crippen molar-refractivity contribution in [3.63, 3.8) is 0 Å². The highest BCUT2D eigenvalue weighted by Crippen LogP contribution is 2.10. The third-order valence-electron chi connectivity index (χ3n) is 2.93. The van der Waals surface area contributed by atoms with E-state index < -0.39 is 9.84 Å². The first-order chi connectivity index (χ1) is 7.56. The van der Waals surface area contributed by atoms with E-state index >= 15 is 0 Å². The van der Waals surface area contributed by atoms with Crippen LogP contribution in [0, 0.1) is 0 Å². The largest absolute Gasteiger partial charge is 0.377 e. The normalized spacial score (nSPS) is 23.5. The van der Waals surface area contributed by atoms with Crippen molar-refractivity contribution < 1.29 is 13.2 Å². The van der Waals surface area contributed by atoms with Gasteiger partial charge in [-0.15, -0.1) is 0 Å². The average Bonchev–Trinajstić information content (AvgIpc) is 2.70. The number of hydrogen-bond donors (Lipinski definition) is 1. The zero-order valence-electron chi connectivity index (χ0n) is 10.2. The predicted molar refractivity (Wildman–Crippen MR) is 65.4 cm³/mol. The van der Waals surface area contributed by atoms with Crippen LogP contribution in [-0.4, -0.2) is 45.2 Å². The van der Waals surface area contributed by atoms with Crippen LogP contribution in [0.1, 0.15) is 33.1 Å². The van der Waals surface area contributed by atoms with E-state index in [1.165, 1.54) is 0 Å². The molecule has 0 spiro atoms. The van der Waals surface area contributed by atoms with Crippen LogP contribution < -0.4 is 5.32 Å². The van der Waals surface area contributed by atoms with Crippen molar-refractivity contribution in [3.05, 3.63) is 0 Å². The Morgan fingerprint density at radius 1 is 1.50 bits per heavy atom. The van der Waals surface area contributed by atoms with Crippen molar-refractivity contribution in [1.82, 2.24) is 5.32 Å². The lowest BCUT2D eigenvalue weighted by Gasteiger charge is -2.15. The molecule has 0 amide bonds. The van der Waals surface area contributed by atoms with Gasteiger partial charge in [-0.05, 0) is 26.2 Å². The minimum absolute atomic E-state index is 0.279. The van der Waals surface area contributed by atoms with Gasteiger partial charge in [0, 0.05) is 19.7 Å². The Kier molecular flexibility index (Phi) is 5.72. The van der Waals surface area contributed by atoms with Crippen molar-refractivity contribution >= 4 is 9.84 Å². The third-order valence-corrected chi connectivity index (χ3v) is 5.30. The standard InChI is InChI=1S/C11H23NO3S/c1-3-7-16(13,14)10(2)8-12-9-11-5-4-6-15-11/h10-12H,3-9H2,1-2H3. The first-order valence-electron chi connectivity index (χ1n) is 6.10. The van der Waals surface area contributed by atoms with Crippen LogP contribution in [0.5, 0.6) is 0 Å². The van der Waals surface area contributed by atoms with Gasteiger partial charge in [-0.25, -0.2) is 8.42 Å². The van der Waals surface area contributed by atoms with Gasteiger partial charge in [0.25, 0.3) is 0 Å². The molecule has 0 bridgehead atoms. The topological polar surface area (TPSA) is 55.4 Å². The Balaban J connectivity index is 2.21. The maximum absolute atomic E-state index is 11.7. The average molecular weight is 249 g/mol. The molecule has 0 aliphatic carbocycles. The molecule has 0 radical (unpaired) electrons. The molecule has 1 fully saturated rings. The van der Waals surface area contributed by atoms with Gasteiger partial charge >= 0.3 is 0 Å². The number of hydrogen-bond acceptors (Lipinski definition) is 4. The molecule has 1 saturated heterocycles. The van der Waals surface area contributed by atoms with Crippen LogP contribution in [0.4, 0.5) is 0 Å². The first kappa shape index (κ1) is 13.9. The fourth-order valence-electron chi connectivity index (χ4n) is 1.87.